The van der Waals surface area contributed by atoms with E-state index in [2.05, 4.69) is 20.8 Å². The number of nitrogens with zero attached hydrogens (tertiary/aromatic N) is 2. The monoisotopic (exact) mass is 294 g/mol. The van der Waals surface area contributed by atoms with E-state index < -0.39 is 11.8 Å². The Morgan fingerprint density at radius 1 is 1.48 bits per heavy atom. The van der Waals surface area contributed by atoms with Crippen LogP contribution in [0.5, 0.6) is 0 Å². The number of hydrogen-bond donors (Lipinski definition) is 2. The number of carbonyl (C=O) groups excluding carboxylic acids is 1. The third-order valence-corrected chi connectivity index (χ3v) is 2.49. The molecule has 0 spiro atoms. The van der Waals surface area contributed by atoms with Crippen molar-refractivity contribution in [1.82, 2.24) is 15.5 Å². The van der Waals surface area contributed by atoms with Crippen molar-refractivity contribution in [3.8, 4) is 0 Å². The van der Waals surface area contributed by atoms with Crippen molar-refractivity contribution < 1.29 is 18.4 Å². The van der Waals surface area contributed by atoms with Gasteiger partial charge in [0.15, 0.2) is 5.82 Å². The van der Waals surface area contributed by atoms with Crippen LogP contribution in [0, 0.1) is 5.82 Å². The minimum atomic E-state index is -0.429. The SMILES string of the molecule is COCc1nc(CCNC(=O)Nc2cccc(F)c2)no1. The van der Waals surface area contributed by atoms with Crippen LogP contribution in [-0.4, -0.2) is 29.8 Å². The molecular weight excluding hydrogens is 279 g/mol. The molecule has 0 saturated heterocycles. The highest BCUT2D eigenvalue weighted by Crippen LogP contribution is 2.08. The molecule has 0 aliphatic carbocycles. The fourth-order valence-electron chi connectivity index (χ4n) is 1.60. The molecule has 2 amide bonds. The van der Waals surface area contributed by atoms with Crippen LogP contribution in [0.1, 0.15) is 11.7 Å². The summed E-state index contributed by atoms with van der Waals surface area (Å²) in [6.45, 7) is 0.577. The summed E-state index contributed by atoms with van der Waals surface area (Å²) in [6, 6.07) is 5.22. The van der Waals surface area contributed by atoms with Gasteiger partial charge in [-0.05, 0) is 18.2 Å². The molecule has 0 radical (unpaired) electrons. The maximum Gasteiger partial charge on any atom is 0.319 e. The summed E-state index contributed by atoms with van der Waals surface area (Å²) in [6.07, 6.45) is 0.420. The smallest absolute Gasteiger partial charge is 0.319 e. The number of urea groups is 1. The first-order valence-electron chi connectivity index (χ1n) is 6.28. The lowest BCUT2D eigenvalue weighted by Crippen LogP contribution is -2.30. The Morgan fingerprint density at radius 3 is 3.10 bits per heavy atom. The Morgan fingerprint density at radius 2 is 2.33 bits per heavy atom. The molecule has 8 heteroatoms. The fourth-order valence-corrected chi connectivity index (χ4v) is 1.60. The van der Waals surface area contributed by atoms with Gasteiger partial charge in [0, 0.05) is 25.8 Å². The van der Waals surface area contributed by atoms with E-state index >= 15 is 0 Å². The molecule has 0 aliphatic heterocycles. The molecule has 112 valence electrons. The molecule has 1 aromatic heterocycles. The summed E-state index contributed by atoms with van der Waals surface area (Å²) in [7, 11) is 1.53. The lowest BCUT2D eigenvalue weighted by molar-refractivity contribution is 0.151. The lowest BCUT2D eigenvalue weighted by Gasteiger charge is -2.06. The number of hydrogen-bond acceptors (Lipinski definition) is 5. The molecule has 0 unspecified atom stereocenters. The minimum absolute atomic E-state index is 0.250. The topological polar surface area (TPSA) is 89.3 Å². The van der Waals surface area contributed by atoms with Crippen LogP contribution in [0.15, 0.2) is 28.8 Å². The number of rotatable bonds is 6. The van der Waals surface area contributed by atoms with Crippen molar-refractivity contribution in [1.29, 1.82) is 0 Å². The van der Waals surface area contributed by atoms with Gasteiger partial charge in [-0.1, -0.05) is 11.2 Å². The Labute approximate surface area is 120 Å². The normalized spacial score (nSPS) is 10.4. The maximum atomic E-state index is 12.9. The average Bonchev–Trinajstić information content (AvgIpc) is 2.87. The lowest BCUT2D eigenvalue weighted by atomic mass is 10.3. The van der Waals surface area contributed by atoms with Gasteiger partial charge in [0.25, 0.3) is 5.89 Å². The number of benzene rings is 1. The number of aromatic nitrogens is 2. The standard InChI is InChI=1S/C13H15FN4O3/c1-20-8-12-17-11(18-21-12)5-6-15-13(19)16-10-4-2-3-9(14)7-10/h2-4,7H,5-6,8H2,1H3,(H2,15,16,19). The largest absolute Gasteiger partial charge is 0.375 e. The molecule has 0 atom stereocenters. The zero-order valence-corrected chi connectivity index (χ0v) is 11.4. The van der Waals surface area contributed by atoms with Crippen LogP contribution in [0.25, 0.3) is 0 Å². The van der Waals surface area contributed by atoms with E-state index in [0.29, 0.717) is 30.4 Å². The zero-order chi connectivity index (χ0) is 15.1. The van der Waals surface area contributed by atoms with E-state index in [9.17, 15) is 9.18 Å². The van der Waals surface area contributed by atoms with Gasteiger partial charge in [-0.15, -0.1) is 0 Å². The zero-order valence-electron chi connectivity index (χ0n) is 11.4. The molecule has 2 aromatic rings. The van der Waals surface area contributed by atoms with Crippen molar-refractivity contribution in [3.05, 3.63) is 41.8 Å². The Kier molecular flexibility index (Phi) is 5.22. The third kappa shape index (κ3) is 4.84. The molecule has 7 nitrogen and oxygen atoms in total. The average molecular weight is 294 g/mol. The highest BCUT2D eigenvalue weighted by molar-refractivity contribution is 5.89. The van der Waals surface area contributed by atoms with Gasteiger partial charge in [0.1, 0.15) is 12.4 Å². The van der Waals surface area contributed by atoms with Crippen molar-refractivity contribution in [2.24, 2.45) is 0 Å². The summed E-state index contributed by atoms with van der Waals surface area (Å²) in [5.74, 6) is 0.454. The second-order valence-corrected chi connectivity index (χ2v) is 4.18. The molecule has 0 bridgehead atoms. The second kappa shape index (κ2) is 7.34. The van der Waals surface area contributed by atoms with Crippen molar-refractivity contribution >= 4 is 11.7 Å². The predicted octanol–water partition coefficient (Wildman–Crippen LogP) is 1.72. The first-order valence-corrected chi connectivity index (χ1v) is 6.28. The van der Waals surface area contributed by atoms with E-state index in [4.69, 9.17) is 9.26 Å². The fraction of sp³-hybridized carbons (Fsp3) is 0.308. The van der Waals surface area contributed by atoms with Gasteiger partial charge in [-0.3, -0.25) is 0 Å². The summed E-state index contributed by atoms with van der Waals surface area (Å²) in [4.78, 5) is 15.7. The molecule has 1 aromatic carbocycles. The minimum Gasteiger partial charge on any atom is -0.375 e. The second-order valence-electron chi connectivity index (χ2n) is 4.18. The molecule has 2 N–H and O–H groups in total. The number of methoxy groups -OCH3 is 1. The van der Waals surface area contributed by atoms with E-state index in [0.717, 1.165) is 0 Å². The molecule has 0 aliphatic rings. The molecule has 0 fully saturated rings. The van der Waals surface area contributed by atoms with Crippen molar-refractivity contribution in [2.45, 2.75) is 13.0 Å². The van der Waals surface area contributed by atoms with E-state index in [1.165, 1.54) is 25.3 Å². The Balaban J connectivity index is 1.73. The van der Waals surface area contributed by atoms with Gasteiger partial charge in [-0.2, -0.15) is 4.98 Å². The molecule has 21 heavy (non-hydrogen) atoms. The van der Waals surface area contributed by atoms with Gasteiger partial charge >= 0.3 is 6.03 Å². The first-order chi connectivity index (χ1) is 10.2. The van der Waals surface area contributed by atoms with Crippen LogP contribution in [0.4, 0.5) is 14.9 Å². The van der Waals surface area contributed by atoms with Crippen LogP contribution >= 0.6 is 0 Å². The van der Waals surface area contributed by atoms with Crippen molar-refractivity contribution in [3.63, 3.8) is 0 Å². The van der Waals surface area contributed by atoms with Gasteiger partial charge in [0.2, 0.25) is 0 Å². The van der Waals surface area contributed by atoms with Crippen LogP contribution < -0.4 is 10.6 Å². The molecular formula is C13H15FN4O3. The maximum absolute atomic E-state index is 12.9. The predicted molar refractivity (Wildman–Crippen MR) is 72.1 cm³/mol. The summed E-state index contributed by atoms with van der Waals surface area (Å²) < 4.78 is 22.7. The van der Waals surface area contributed by atoms with Gasteiger partial charge in [0.05, 0.1) is 0 Å². The number of amides is 2. The summed E-state index contributed by atoms with van der Waals surface area (Å²) in [5, 5.41) is 8.87. The van der Waals surface area contributed by atoms with Crippen molar-refractivity contribution in [2.75, 3.05) is 19.0 Å². The van der Waals surface area contributed by atoms with E-state index in [1.807, 2.05) is 0 Å². The van der Waals surface area contributed by atoms with Gasteiger partial charge in [-0.25, -0.2) is 9.18 Å². The van der Waals surface area contributed by atoms with E-state index in [1.54, 1.807) is 6.07 Å². The number of anilines is 1. The van der Waals surface area contributed by atoms with Crippen LogP contribution in [-0.2, 0) is 17.8 Å². The summed E-state index contributed by atoms with van der Waals surface area (Å²) in [5.41, 5.74) is 0.384. The Hall–Kier alpha value is -2.48. The molecule has 2 rings (SSSR count). The highest BCUT2D eigenvalue weighted by Gasteiger charge is 2.07. The van der Waals surface area contributed by atoms with Gasteiger partial charge < -0.3 is 19.9 Å². The third-order valence-electron chi connectivity index (χ3n) is 2.49. The quantitative estimate of drug-likeness (QED) is 0.846. The number of ether oxygens (including phenoxy) is 1. The number of carbonyl (C=O) groups is 1. The van der Waals surface area contributed by atoms with Crippen LogP contribution in [0.3, 0.4) is 0 Å². The number of nitrogens with one attached hydrogen (secondary N) is 2. The number of halogens is 1. The first kappa shape index (κ1) is 14.9. The Bertz CT molecular complexity index is 603. The summed E-state index contributed by atoms with van der Waals surface area (Å²) >= 11 is 0. The van der Waals surface area contributed by atoms with E-state index in [-0.39, 0.29) is 6.61 Å². The van der Waals surface area contributed by atoms with Crippen LogP contribution in [0.2, 0.25) is 0 Å². The molecule has 0 saturated carbocycles. The molecule has 1 heterocycles. The highest BCUT2D eigenvalue weighted by atomic mass is 19.1.